The van der Waals surface area contributed by atoms with E-state index < -0.39 is 0 Å². The summed E-state index contributed by atoms with van der Waals surface area (Å²) in [5.41, 5.74) is 1.76. The van der Waals surface area contributed by atoms with Crippen molar-refractivity contribution in [3.05, 3.63) is 29.3 Å². The highest BCUT2D eigenvalue weighted by atomic mass is 16.5. The molecule has 3 heteroatoms. The Morgan fingerprint density at radius 3 is 2.77 bits per heavy atom. The summed E-state index contributed by atoms with van der Waals surface area (Å²) in [6.45, 7) is 0.516. The average molecular weight is 182 g/mol. The quantitative estimate of drug-likeness (QED) is 0.732. The molecular weight excluding hydrogens is 168 g/mol. The molecule has 0 bridgehead atoms. The molecule has 0 heterocycles. The molecule has 0 aliphatic rings. The predicted molar refractivity (Wildman–Crippen MR) is 49.6 cm³/mol. The van der Waals surface area contributed by atoms with Gasteiger partial charge in [0, 0.05) is 19.3 Å². The molecule has 72 valence electrons. The number of rotatable bonds is 4. The van der Waals surface area contributed by atoms with E-state index in [-0.39, 0.29) is 12.4 Å². The van der Waals surface area contributed by atoms with Crippen LogP contribution in [0.1, 0.15) is 11.1 Å². The van der Waals surface area contributed by atoms with E-state index in [1.807, 2.05) is 6.07 Å². The van der Waals surface area contributed by atoms with Gasteiger partial charge in [-0.15, -0.1) is 0 Å². The number of benzene rings is 1. The third kappa shape index (κ3) is 2.72. The number of aromatic hydroxyl groups is 1. The van der Waals surface area contributed by atoms with E-state index in [4.69, 9.17) is 9.84 Å². The number of phenols is 1. The summed E-state index contributed by atoms with van der Waals surface area (Å²) < 4.78 is 4.92. The highest BCUT2D eigenvalue weighted by molar-refractivity contribution is 5.35. The Morgan fingerprint density at radius 2 is 2.15 bits per heavy atom. The highest BCUT2D eigenvalue weighted by Gasteiger charge is 2.01. The van der Waals surface area contributed by atoms with Crippen LogP contribution in [0.3, 0.4) is 0 Å². The molecule has 0 spiro atoms. The van der Waals surface area contributed by atoms with Crippen LogP contribution in [-0.2, 0) is 17.8 Å². The molecule has 1 rings (SSSR count). The van der Waals surface area contributed by atoms with Crippen molar-refractivity contribution in [1.82, 2.24) is 0 Å². The van der Waals surface area contributed by atoms with Crippen molar-refractivity contribution in [2.24, 2.45) is 0 Å². The summed E-state index contributed by atoms with van der Waals surface area (Å²) in [5.74, 6) is 0.239. The average Bonchev–Trinajstić information content (AvgIpc) is 2.12. The Kier molecular flexibility index (Phi) is 3.73. The largest absolute Gasteiger partial charge is 0.508 e. The van der Waals surface area contributed by atoms with Crippen LogP contribution in [-0.4, -0.2) is 23.9 Å². The van der Waals surface area contributed by atoms with Crippen molar-refractivity contribution < 1.29 is 14.9 Å². The van der Waals surface area contributed by atoms with Crippen LogP contribution < -0.4 is 0 Å². The van der Waals surface area contributed by atoms with Crippen LogP contribution in [0.5, 0.6) is 5.75 Å². The molecule has 13 heavy (non-hydrogen) atoms. The van der Waals surface area contributed by atoms with Gasteiger partial charge in [0.25, 0.3) is 0 Å². The van der Waals surface area contributed by atoms with Gasteiger partial charge in [0.2, 0.25) is 0 Å². The normalized spacial score (nSPS) is 10.3. The first-order chi connectivity index (χ1) is 6.27. The van der Waals surface area contributed by atoms with Crippen LogP contribution in [0, 0.1) is 0 Å². The minimum absolute atomic E-state index is 0.122. The summed E-state index contributed by atoms with van der Waals surface area (Å²) in [7, 11) is 1.58. The Morgan fingerprint density at radius 1 is 1.38 bits per heavy atom. The summed E-state index contributed by atoms with van der Waals surface area (Å²) >= 11 is 0. The summed E-state index contributed by atoms with van der Waals surface area (Å²) in [5, 5.41) is 18.1. The van der Waals surface area contributed by atoms with Gasteiger partial charge in [0.1, 0.15) is 5.75 Å². The van der Waals surface area contributed by atoms with E-state index in [0.717, 1.165) is 11.1 Å². The lowest BCUT2D eigenvalue weighted by molar-refractivity contribution is 0.182. The molecule has 2 N–H and O–H groups in total. The zero-order chi connectivity index (χ0) is 9.68. The first-order valence-electron chi connectivity index (χ1n) is 4.18. The molecular formula is C10H14O3. The lowest BCUT2D eigenvalue weighted by Crippen LogP contribution is -1.94. The second-order valence-electron chi connectivity index (χ2n) is 2.87. The van der Waals surface area contributed by atoms with E-state index in [1.165, 1.54) is 0 Å². The lowest BCUT2D eigenvalue weighted by Gasteiger charge is -2.05. The van der Waals surface area contributed by atoms with Gasteiger partial charge < -0.3 is 14.9 Å². The standard InChI is InChI=1S/C10H14O3/c1-13-7-9-6-8(4-5-11)2-3-10(9)12/h2-3,6,11-12H,4-5,7H2,1H3. The van der Waals surface area contributed by atoms with E-state index in [2.05, 4.69) is 0 Å². The SMILES string of the molecule is COCc1cc(CCO)ccc1O. The van der Waals surface area contributed by atoms with Crippen molar-refractivity contribution in [1.29, 1.82) is 0 Å². The molecule has 0 saturated heterocycles. The number of hydrogen-bond acceptors (Lipinski definition) is 3. The molecule has 1 aromatic carbocycles. The van der Waals surface area contributed by atoms with Crippen LogP contribution in [0.2, 0.25) is 0 Å². The molecule has 0 radical (unpaired) electrons. The van der Waals surface area contributed by atoms with Gasteiger partial charge in [0.15, 0.2) is 0 Å². The molecule has 3 nitrogen and oxygen atoms in total. The van der Waals surface area contributed by atoms with E-state index in [9.17, 15) is 5.11 Å². The van der Waals surface area contributed by atoms with E-state index in [1.54, 1.807) is 19.2 Å². The second-order valence-corrected chi connectivity index (χ2v) is 2.87. The molecule has 0 amide bonds. The molecule has 0 atom stereocenters. The maximum absolute atomic E-state index is 9.39. The van der Waals surface area contributed by atoms with Gasteiger partial charge in [-0.25, -0.2) is 0 Å². The Hall–Kier alpha value is -1.06. The zero-order valence-corrected chi connectivity index (χ0v) is 7.66. The van der Waals surface area contributed by atoms with Crippen molar-refractivity contribution in [3.63, 3.8) is 0 Å². The fourth-order valence-corrected chi connectivity index (χ4v) is 1.19. The highest BCUT2D eigenvalue weighted by Crippen LogP contribution is 2.19. The third-order valence-corrected chi connectivity index (χ3v) is 1.84. The van der Waals surface area contributed by atoms with Gasteiger partial charge in [-0.1, -0.05) is 6.07 Å². The summed E-state index contributed by atoms with van der Waals surface area (Å²) in [6.07, 6.45) is 0.608. The number of methoxy groups -OCH3 is 1. The third-order valence-electron chi connectivity index (χ3n) is 1.84. The zero-order valence-electron chi connectivity index (χ0n) is 7.66. The topological polar surface area (TPSA) is 49.7 Å². The minimum atomic E-state index is 0.122. The van der Waals surface area contributed by atoms with Crippen molar-refractivity contribution in [2.45, 2.75) is 13.0 Å². The van der Waals surface area contributed by atoms with Crippen molar-refractivity contribution in [2.75, 3.05) is 13.7 Å². The Labute approximate surface area is 77.6 Å². The van der Waals surface area contributed by atoms with Gasteiger partial charge in [-0.05, 0) is 24.1 Å². The fourth-order valence-electron chi connectivity index (χ4n) is 1.19. The van der Waals surface area contributed by atoms with Crippen molar-refractivity contribution in [3.8, 4) is 5.75 Å². The molecule has 0 aliphatic carbocycles. The van der Waals surface area contributed by atoms with E-state index in [0.29, 0.717) is 13.0 Å². The number of aliphatic hydroxyl groups excluding tert-OH is 1. The maximum atomic E-state index is 9.39. The smallest absolute Gasteiger partial charge is 0.121 e. The second kappa shape index (κ2) is 4.84. The Bertz CT molecular complexity index is 271. The van der Waals surface area contributed by atoms with Crippen LogP contribution in [0.25, 0.3) is 0 Å². The number of ether oxygens (including phenoxy) is 1. The molecule has 0 aliphatic heterocycles. The van der Waals surface area contributed by atoms with Gasteiger partial charge >= 0.3 is 0 Å². The van der Waals surface area contributed by atoms with Crippen LogP contribution in [0.4, 0.5) is 0 Å². The molecule has 0 aromatic heterocycles. The van der Waals surface area contributed by atoms with Crippen molar-refractivity contribution >= 4 is 0 Å². The summed E-state index contributed by atoms with van der Waals surface area (Å²) in [4.78, 5) is 0. The lowest BCUT2D eigenvalue weighted by atomic mass is 10.1. The number of hydrogen-bond donors (Lipinski definition) is 2. The molecule has 0 fully saturated rings. The van der Waals surface area contributed by atoms with Gasteiger partial charge in [0.05, 0.1) is 6.61 Å². The fraction of sp³-hybridized carbons (Fsp3) is 0.400. The number of phenolic OH excluding ortho intramolecular Hbond substituents is 1. The molecule has 1 aromatic rings. The minimum Gasteiger partial charge on any atom is -0.508 e. The van der Waals surface area contributed by atoms with Crippen LogP contribution in [0.15, 0.2) is 18.2 Å². The summed E-state index contributed by atoms with van der Waals surface area (Å²) in [6, 6.07) is 5.26. The maximum Gasteiger partial charge on any atom is 0.121 e. The first kappa shape index (κ1) is 10.0. The van der Waals surface area contributed by atoms with E-state index >= 15 is 0 Å². The molecule has 0 saturated carbocycles. The number of aliphatic hydroxyl groups is 1. The monoisotopic (exact) mass is 182 g/mol. The first-order valence-corrected chi connectivity index (χ1v) is 4.18. The Balaban J connectivity index is 2.83. The van der Waals surface area contributed by atoms with Gasteiger partial charge in [-0.2, -0.15) is 0 Å². The predicted octanol–water partition coefficient (Wildman–Crippen LogP) is 1.07. The van der Waals surface area contributed by atoms with Crippen LogP contribution >= 0.6 is 0 Å². The van der Waals surface area contributed by atoms with Gasteiger partial charge in [-0.3, -0.25) is 0 Å². The molecule has 0 unspecified atom stereocenters.